The first-order chi connectivity index (χ1) is 11.8. The van der Waals surface area contributed by atoms with E-state index in [1.165, 1.54) is 0 Å². The summed E-state index contributed by atoms with van der Waals surface area (Å²) in [6.45, 7) is 15.1. The van der Waals surface area contributed by atoms with Crippen LogP contribution in [0.4, 0.5) is 4.79 Å². The van der Waals surface area contributed by atoms with Gasteiger partial charge in [0.15, 0.2) is 0 Å². The number of nitrogens with zero attached hydrogens (tertiary/aromatic N) is 4. The van der Waals surface area contributed by atoms with Gasteiger partial charge in [-0.05, 0) is 48.5 Å². The highest BCUT2D eigenvalue weighted by Gasteiger charge is 2.35. The molecular formula is C19H32N4O3. The molecule has 0 aliphatic carbocycles. The van der Waals surface area contributed by atoms with E-state index >= 15 is 0 Å². The molecule has 0 aromatic carbocycles. The van der Waals surface area contributed by atoms with Crippen molar-refractivity contribution in [3.63, 3.8) is 0 Å². The van der Waals surface area contributed by atoms with Crippen LogP contribution in [0.1, 0.15) is 70.2 Å². The van der Waals surface area contributed by atoms with Crippen molar-refractivity contribution in [2.24, 2.45) is 7.05 Å². The third-order valence-electron chi connectivity index (χ3n) is 4.42. The van der Waals surface area contributed by atoms with Crippen LogP contribution in [-0.2, 0) is 24.8 Å². The van der Waals surface area contributed by atoms with Gasteiger partial charge in [-0.15, -0.1) is 0 Å². The number of hydrogen-bond donors (Lipinski definition) is 0. The molecule has 2 rings (SSSR count). The monoisotopic (exact) mass is 364 g/mol. The minimum absolute atomic E-state index is 0.0534. The summed E-state index contributed by atoms with van der Waals surface area (Å²) in [5.74, 6) is -0.0534. The summed E-state index contributed by atoms with van der Waals surface area (Å²) in [6.07, 6.45) is 0.269. The summed E-state index contributed by atoms with van der Waals surface area (Å²) in [6, 6.07) is 0. The molecule has 0 bridgehead atoms. The van der Waals surface area contributed by atoms with Crippen LogP contribution in [0.3, 0.4) is 0 Å². The maximum atomic E-state index is 13.2. The Morgan fingerprint density at radius 3 is 2.31 bits per heavy atom. The van der Waals surface area contributed by atoms with Gasteiger partial charge in [0.05, 0.1) is 12.2 Å². The van der Waals surface area contributed by atoms with Gasteiger partial charge in [-0.25, -0.2) is 4.79 Å². The highest BCUT2D eigenvalue weighted by Crippen LogP contribution is 2.26. The third-order valence-corrected chi connectivity index (χ3v) is 4.42. The average Bonchev–Trinajstić information content (AvgIpc) is 2.79. The molecule has 26 heavy (non-hydrogen) atoms. The molecule has 1 aliphatic rings. The van der Waals surface area contributed by atoms with Crippen LogP contribution in [0, 0.1) is 0 Å². The molecule has 2 amide bonds. The molecule has 1 aliphatic heterocycles. The molecule has 0 fully saturated rings. The lowest BCUT2D eigenvalue weighted by atomic mass is 10.0. The van der Waals surface area contributed by atoms with Gasteiger partial charge in [-0.3, -0.25) is 9.48 Å². The highest BCUT2D eigenvalue weighted by atomic mass is 16.6. The van der Waals surface area contributed by atoms with Crippen molar-refractivity contribution in [1.29, 1.82) is 0 Å². The van der Waals surface area contributed by atoms with Crippen LogP contribution >= 0.6 is 0 Å². The van der Waals surface area contributed by atoms with Crippen LogP contribution < -0.4 is 0 Å². The number of aromatic nitrogens is 2. The van der Waals surface area contributed by atoms with Gasteiger partial charge >= 0.3 is 6.09 Å². The maximum absolute atomic E-state index is 13.2. The second-order valence-corrected chi connectivity index (χ2v) is 8.77. The van der Waals surface area contributed by atoms with Gasteiger partial charge in [-0.2, -0.15) is 5.10 Å². The second kappa shape index (κ2) is 6.93. The number of rotatable bonds is 2. The highest BCUT2D eigenvalue weighted by molar-refractivity contribution is 5.95. The van der Waals surface area contributed by atoms with Crippen molar-refractivity contribution in [3.05, 3.63) is 17.0 Å². The normalized spacial score (nSPS) is 14.8. The number of carbonyl (C=O) groups excluding carboxylic acids is 2. The molecule has 1 aromatic rings. The van der Waals surface area contributed by atoms with E-state index < -0.39 is 5.60 Å². The van der Waals surface area contributed by atoms with E-state index in [9.17, 15) is 9.59 Å². The summed E-state index contributed by atoms with van der Waals surface area (Å²) in [4.78, 5) is 29.1. The molecule has 0 radical (unpaired) electrons. The minimum atomic E-state index is -0.545. The van der Waals surface area contributed by atoms with Crippen LogP contribution in [0.2, 0.25) is 0 Å². The zero-order valence-corrected chi connectivity index (χ0v) is 17.3. The molecule has 0 atom stereocenters. The van der Waals surface area contributed by atoms with Gasteiger partial charge in [0.25, 0.3) is 5.91 Å². The van der Waals surface area contributed by atoms with Gasteiger partial charge in [0, 0.05) is 37.7 Å². The van der Waals surface area contributed by atoms with Crippen molar-refractivity contribution in [2.75, 3.05) is 13.1 Å². The third kappa shape index (κ3) is 4.19. The quantitative estimate of drug-likeness (QED) is 0.809. The first kappa shape index (κ1) is 20.3. The summed E-state index contributed by atoms with van der Waals surface area (Å²) < 4.78 is 7.14. The van der Waals surface area contributed by atoms with Crippen LogP contribution in [-0.4, -0.2) is 55.8 Å². The summed E-state index contributed by atoms with van der Waals surface area (Å²) in [5, 5.41) is 4.53. The lowest BCUT2D eigenvalue weighted by Gasteiger charge is -2.35. The smallest absolute Gasteiger partial charge is 0.410 e. The lowest BCUT2D eigenvalue weighted by molar-refractivity contribution is 0.0221. The molecule has 0 saturated heterocycles. The first-order valence-corrected chi connectivity index (χ1v) is 9.19. The van der Waals surface area contributed by atoms with E-state index in [4.69, 9.17) is 4.74 Å². The fourth-order valence-corrected chi connectivity index (χ4v) is 3.30. The zero-order chi connectivity index (χ0) is 19.9. The molecule has 7 nitrogen and oxygen atoms in total. The van der Waals surface area contributed by atoms with Crippen LogP contribution in [0.15, 0.2) is 0 Å². The summed E-state index contributed by atoms with van der Waals surface area (Å²) in [5.41, 5.74) is 1.45. The standard InChI is InChI=1S/C19H32N4O3/c1-9-23(18(2,3)4)16(24)15-13-12-22(17(25)26-19(5,6)7)11-10-14(13)20-21(15)8/h9-12H2,1-8H3. The molecule has 1 aromatic heterocycles. The number of hydrogen-bond acceptors (Lipinski definition) is 4. The van der Waals surface area contributed by atoms with Crippen LogP contribution in [0.5, 0.6) is 0 Å². The number of amides is 2. The second-order valence-electron chi connectivity index (χ2n) is 8.77. The molecule has 2 heterocycles. The van der Waals surface area contributed by atoms with Gasteiger partial charge in [-0.1, -0.05) is 0 Å². The predicted molar refractivity (Wildman–Crippen MR) is 100 cm³/mol. The Hall–Kier alpha value is -2.05. The Balaban J connectivity index is 2.33. The fraction of sp³-hybridized carbons (Fsp3) is 0.737. The molecule has 7 heteroatoms. The van der Waals surface area contributed by atoms with Crippen molar-refractivity contribution < 1.29 is 14.3 Å². The van der Waals surface area contributed by atoms with Crippen molar-refractivity contribution in [3.8, 4) is 0 Å². The van der Waals surface area contributed by atoms with Gasteiger partial charge in [0.2, 0.25) is 0 Å². The largest absolute Gasteiger partial charge is 0.444 e. The average molecular weight is 364 g/mol. The molecule has 0 saturated carbocycles. The van der Waals surface area contributed by atoms with Crippen molar-refractivity contribution in [1.82, 2.24) is 19.6 Å². The molecule has 0 unspecified atom stereocenters. The summed E-state index contributed by atoms with van der Waals surface area (Å²) in [7, 11) is 1.79. The lowest BCUT2D eigenvalue weighted by Crippen LogP contribution is -2.46. The fourth-order valence-electron chi connectivity index (χ4n) is 3.30. The zero-order valence-electron chi connectivity index (χ0n) is 17.3. The Labute approximate surface area is 156 Å². The van der Waals surface area contributed by atoms with Gasteiger partial charge < -0.3 is 14.5 Å². The van der Waals surface area contributed by atoms with Crippen molar-refractivity contribution in [2.45, 2.75) is 72.6 Å². The SMILES string of the molecule is CCN(C(=O)c1c2c(nn1C)CCN(C(=O)OC(C)(C)C)C2)C(C)(C)C. The summed E-state index contributed by atoms with van der Waals surface area (Å²) >= 11 is 0. The molecule has 0 N–H and O–H groups in total. The van der Waals surface area contributed by atoms with E-state index in [2.05, 4.69) is 5.10 Å². The topological polar surface area (TPSA) is 67.7 Å². The van der Waals surface area contributed by atoms with E-state index in [0.29, 0.717) is 31.7 Å². The minimum Gasteiger partial charge on any atom is -0.444 e. The van der Waals surface area contributed by atoms with E-state index in [0.717, 1.165) is 11.3 Å². The van der Waals surface area contributed by atoms with E-state index in [-0.39, 0.29) is 17.5 Å². The van der Waals surface area contributed by atoms with Crippen LogP contribution in [0.25, 0.3) is 0 Å². The molecule has 0 spiro atoms. The molecular weight excluding hydrogens is 332 g/mol. The number of aryl methyl sites for hydroxylation is 1. The first-order valence-electron chi connectivity index (χ1n) is 9.19. The predicted octanol–water partition coefficient (Wildman–Crippen LogP) is 2.97. The maximum Gasteiger partial charge on any atom is 0.410 e. The number of fused-ring (bicyclic) bond motifs is 1. The molecule has 146 valence electrons. The van der Waals surface area contributed by atoms with E-state index in [1.807, 2.05) is 53.4 Å². The number of carbonyl (C=O) groups is 2. The van der Waals surface area contributed by atoms with Crippen molar-refractivity contribution >= 4 is 12.0 Å². The Morgan fingerprint density at radius 1 is 1.19 bits per heavy atom. The Morgan fingerprint density at radius 2 is 1.81 bits per heavy atom. The Bertz CT molecular complexity index is 695. The Kier molecular flexibility index (Phi) is 5.40. The van der Waals surface area contributed by atoms with E-state index in [1.54, 1.807) is 16.6 Å². The number of ether oxygens (including phenoxy) is 1. The van der Waals surface area contributed by atoms with Gasteiger partial charge in [0.1, 0.15) is 11.3 Å².